The van der Waals surface area contributed by atoms with Crippen molar-refractivity contribution < 1.29 is 13.6 Å². The van der Waals surface area contributed by atoms with Crippen LogP contribution >= 0.6 is 11.6 Å². The highest BCUT2D eigenvalue weighted by Crippen LogP contribution is 2.26. The monoisotopic (exact) mass is 342 g/mol. The second kappa shape index (κ2) is 7.21. The number of anilines is 1. The molecule has 2 atom stereocenters. The number of likely N-dealkylation sites (tertiary alicyclic amines) is 1. The number of nitrogens with zero attached hydrogens (tertiary/aromatic N) is 1. The van der Waals surface area contributed by atoms with Crippen LogP contribution in [0.15, 0.2) is 18.2 Å². The number of rotatable bonds is 4. The average Bonchev–Trinajstić information content (AvgIpc) is 2.48. The lowest BCUT2D eigenvalue weighted by atomic mass is 9.97. The molecule has 0 aromatic heterocycles. The van der Waals surface area contributed by atoms with Gasteiger partial charge in [-0.15, -0.1) is 0 Å². The highest BCUT2D eigenvalue weighted by atomic mass is 35.5. The number of nitrogens with one attached hydrogen (secondary N) is 2. The highest BCUT2D eigenvalue weighted by molar-refractivity contribution is 7.80. The smallest absolute Gasteiger partial charge is 0.256 e. The molecule has 0 spiro atoms. The minimum absolute atomic E-state index is 0.190. The predicted molar refractivity (Wildman–Crippen MR) is 86.1 cm³/mol. The van der Waals surface area contributed by atoms with Crippen LogP contribution in [-0.4, -0.2) is 37.9 Å². The first kappa shape index (κ1) is 16.9. The minimum atomic E-state index is -2.53. The molecule has 1 aliphatic rings. The van der Waals surface area contributed by atoms with Gasteiger partial charge in [-0.2, -0.15) is 0 Å². The lowest BCUT2D eigenvalue weighted by Crippen LogP contribution is -2.47. The van der Waals surface area contributed by atoms with E-state index in [0.29, 0.717) is 17.3 Å². The Hall–Kier alpha value is -1.44. The van der Waals surface area contributed by atoms with Crippen LogP contribution in [0.5, 0.6) is 0 Å². The van der Waals surface area contributed by atoms with Crippen molar-refractivity contribution in [1.82, 2.24) is 4.90 Å². The summed E-state index contributed by atoms with van der Waals surface area (Å²) in [6.07, 6.45) is 2.58. The van der Waals surface area contributed by atoms with E-state index in [1.165, 1.54) is 18.2 Å². The van der Waals surface area contributed by atoms with Crippen LogP contribution in [0.25, 0.3) is 0 Å². The van der Waals surface area contributed by atoms with E-state index >= 15 is 0 Å². The number of benzene rings is 1. The quantitative estimate of drug-likeness (QED) is 0.650. The lowest BCUT2D eigenvalue weighted by Gasteiger charge is -2.36. The van der Waals surface area contributed by atoms with Crippen LogP contribution in [0, 0.1) is 5.41 Å². The Morgan fingerprint density at radius 1 is 1.50 bits per heavy atom. The van der Waals surface area contributed by atoms with Gasteiger partial charge in [0.25, 0.3) is 5.91 Å². The van der Waals surface area contributed by atoms with Crippen molar-refractivity contribution in [2.75, 3.05) is 11.3 Å². The number of carbonyl (C=O) groups excluding carboxylic acids is 1. The van der Waals surface area contributed by atoms with Gasteiger partial charge in [-0.3, -0.25) is 9.00 Å². The number of carbonyl (C=O) groups is 1. The molecule has 2 unspecified atom stereocenters. The summed E-state index contributed by atoms with van der Waals surface area (Å²) in [6.45, 7) is 2.23. The summed E-state index contributed by atoms with van der Waals surface area (Å²) in [6, 6.07) is 4.18. The van der Waals surface area contributed by atoms with Gasteiger partial charge in [0.05, 0.1) is 17.3 Å². The van der Waals surface area contributed by atoms with E-state index in [1.54, 1.807) is 11.8 Å². The molecule has 0 bridgehead atoms. The lowest BCUT2D eigenvalue weighted by molar-refractivity contribution is 0.0680. The zero-order chi connectivity index (χ0) is 16.3. The van der Waals surface area contributed by atoms with Crippen LogP contribution in [0.2, 0.25) is 5.02 Å². The van der Waals surface area contributed by atoms with Gasteiger partial charge >= 0.3 is 0 Å². The van der Waals surface area contributed by atoms with Crippen molar-refractivity contribution in [3.63, 3.8) is 0 Å². The van der Waals surface area contributed by atoms with Crippen LogP contribution in [-0.2, 0) is 11.3 Å². The summed E-state index contributed by atoms with van der Waals surface area (Å²) in [4.78, 5) is 14.4. The Kier molecular flexibility index (Phi) is 5.55. The van der Waals surface area contributed by atoms with Crippen LogP contribution < -0.4 is 4.72 Å². The van der Waals surface area contributed by atoms with Crippen LogP contribution in [0.4, 0.5) is 5.69 Å². The van der Waals surface area contributed by atoms with Crippen molar-refractivity contribution in [2.24, 2.45) is 0 Å². The fraction of sp³-hybridized carbons (Fsp3) is 0.429. The molecule has 120 valence electrons. The molecule has 6 nitrogen and oxygen atoms in total. The molecule has 1 fully saturated rings. The topological polar surface area (TPSA) is 96.3 Å². The summed E-state index contributed by atoms with van der Waals surface area (Å²) in [5.74, 6) is -0.313. The normalized spacial score (nSPS) is 19.6. The highest BCUT2D eigenvalue weighted by Gasteiger charge is 2.30. The van der Waals surface area contributed by atoms with Gasteiger partial charge in [-0.05, 0) is 44.4 Å². The molecular formula is C14H17ClN3O3S-. The van der Waals surface area contributed by atoms with Gasteiger partial charge < -0.3 is 19.6 Å². The third-order valence-corrected chi connectivity index (χ3v) is 4.29. The maximum absolute atomic E-state index is 12.8. The van der Waals surface area contributed by atoms with Gasteiger partial charge in [0.15, 0.2) is 0 Å². The van der Waals surface area contributed by atoms with Crippen LogP contribution in [0.3, 0.4) is 0 Å². The first-order valence-corrected chi connectivity index (χ1v) is 8.37. The number of piperidine rings is 1. The Balaban J connectivity index is 2.36. The molecule has 2 rings (SSSR count). The van der Waals surface area contributed by atoms with E-state index in [9.17, 15) is 13.6 Å². The molecule has 1 aliphatic heterocycles. The van der Waals surface area contributed by atoms with Gasteiger partial charge in [0.1, 0.15) is 0 Å². The predicted octanol–water partition coefficient (Wildman–Crippen LogP) is 2.58. The van der Waals surface area contributed by atoms with Crippen molar-refractivity contribution in [3.05, 3.63) is 28.8 Å². The molecule has 8 heteroatoms. The average molecular weight is 343 g/mol. The third kappa shape index (κ3) is 3.85. The fourth-order valence-corrected chi connectivity index (χ4v) is 3.18. The van der Waals surface area contributed by atoms with E-state index in [2.05, 4.69) is 4.72 Å². The van der Waals surface area contributed by atoms with E-state index in [-0.39, 0.29) is 23.2 Å². The van der Waals surface area contributed by atoms with E-state index in [4.69, 9.17) is 17.0 Å². The molecule has 2 N–H and O–H groups in total. The Morgan fingerprint density at radius 3 is 2.86 bits per heavy atom. The van der Waals surface area contributed by atoms with E-state index in [1.807, 2.05) is 0 Å². The van der Waals surface area contributed by atoms with Crippen molar-refractivity contribution >= 4 is 40.2 Å². The van der Waals surface area contributed by atoms with Crippen molar-refractivity contribution in [1.29, 1.82) is 5.41 Å². The van der Waals surface area contributed by atoms with Crippen LogP contribution in [0.1, 0.15) is 36.5 Å². The van der Waals surface area contributed by atoms with Gasteiger partial charge in [-0.1, -0.05) is 11.6 Å². The Morgan fingerprint density at radius 2 is 2.23 bits per heavy atom. The van der Waals surface area contributed by atoms with Gasteiger partial charge in [0.2, 0.25) is 0 Å². The number of amides is 1. The first-order chi connectivity index (χ1) is 10.4. The molecule has 1 amide bonds. The van der Waals surface area contributed by atoms with Crippen molar-refractivity contribution in [3.8, 4) is 0 Å². The zero-order valence-electron chi connectivity index (χ0n) is 12.1. The summed E-state index contributed by atoms with van der Waals surface area (Å²) in [5.41, 5.74) is 0.816. The standard InChI is InChI=1S/C14H18ClN3O3S/c1-9(16)13-4-2-3-7-18(13)14(19)11-8-10(15)5-6-12(11)17-22(20)21/h5-6,8,13,16-17H,2-4,7H2,1H3,(H,20,21)/p-1. The molecule has 1 aromatic carbocycles. The molecule has 0 saturated carbocycles. The van der Waals surface area contributed by atoms with Crippen molar-refractivity contribution in [2.45, 2.75) is 32.2 Å². The Labute approximate surface area is 136 Å². The number of halogens is 1. The summed E-state index contributed by atoms with van der Waals surface area (Å²) in [5, 5.41) is 8.20. The summed E-state index contributed by atoms with van der Waals surface area (Å²) < 4.78 is 24.0. The Bertz CT molecular complexity index is 623. The second-order valence-corrected chi connectivity index (χ2v) is 6.33. The maximum Gasteiger partial charge on any atom is 0.256 e. The third-order valence-electron chi connectivity index (χ3n) is 3.67. The largest absolute Gasteiger partial charge is 0.755 e. The molecule has 1 heterocycles. The second-order valence-electron chi connectivity index (χ2n) is 5.22. The maximum atomic E-state index is 12.8. The molecule has 1 saturated heterocycles. The number of hydrogen-bond acceptors (Lipinski definition) is 4. The summed E-state index contributed by atoms with van der Waals surface area (Å²) in [7, 11) is 0. The van der Waals surface area contributed by atoms with Gasteiger partial charge in [0, 0.05) is 28.5 Å². The minimum Gasteiger partial charge on any atom is -0.755 e. The first-order valence-electron chi connectivity index (χ1n) is 6.91. The molecule has 0 radical (unpaired) electrons. The fourth-order valence-electron chi connectivity index (χ4n) is 2.65. The SMILES string of the molecule is CC(=N)C1CCCCN1C(=O)c1cc(Cl)ccc1NS(=O)[O-]. The zero-order valence-corrected chi connectivity index (χ0v) is 13.7. The molecule has 0 aliphatic carbocycles. The molecular weight excluding hydrogens is 326 g/mol. The number of hydrogen-bond donors (Lipinski definition) is 2. The van der Waals surface area contributed by atoms with Gasteiger partial charge in [-0.25, -0.2) is 0 Å². The van der Waals surface area contributed by atoms with E-state index in [0.717, 1.165) is 19.3 Å². The molecule has 22 heavy (non-hydrogen) atoms. The molecule has 1 aromatic rings. The summed E-state index contributed by atoms with van der Waals surface area (Å²) >= 11 is 3.41. The van der Waals surface area contributed by atoms with E-state index < -0.39 is 11.3 Å².